The number of hydrogen-bond donors (Lipinski definition) is 0. The van der Waals surface area contributed by atoms with E-state index in [-0.39, 0.29) is 5.82 Å². The van der Waals surface area contributed by atoms with Crippen molar-refractivity contribution < 1.29 is 9.13 Å². The highest BCUT2D eigenvalue weighted by Crippen LogP contribution is 2.42. The fourth-order valence-electron chi connectivity index (χ4n) is 6.45. The Morgan fingerprint density at radius 3 is 2.03 bits per heavy atom. The number of unbranched alkanes of at least 4 members (excludes halogenated alkanes) is 2. The zero-order valence-corrected chi connectivity index (χ0v) is 20.4. The van der Waals surface area contributed by atoms with Gasteiger partial charge in [-0.15, -0.1) is 0 Å². The molecule has 0 N–H and O–H groups in total. The largest absolute Gasteiger partial charge is 0.497 e. The van der Waals surface area contributed by atoms with E-state index in [0.717, 1.165) is 52.7 Å². The second-order valence-corrected chi connectivity index (χ2v) is 10.7. The molecule has 0 radical (unpaired) electrons. The van der Waals surface area contributed by atoms with Gasteiger partial charge in [-0.25, -0.2) is 4.39 Å². The van der Waals surface area contributed by atoms with Crippen LogP contribution in [0, 0.1) is 23.6 Å². The molecule has 4 rings (SSSR count). The number of ether oxygens (including phenoxy) is 1. The van der Waals surface area contributed by atoms with Crippen LogP contribution >= 0.6 is 0 Å². The first-order valence-electron chi connectivity index (χ1n) is 13.4. The van der Waals surface area contributed by atoms with Crippen LogP contribution in [0.5, 0.6) is 5.75 Å². The van der Waals surface area contributed by atoms with Crippen LogP contribution in [0.4, 0.5) is 4.39 Å². The van der Waals surface area contributed by atoms with E-state index in [0.29, 0.717) is 5.92 Å². The smallest absolute Gasteiger partial charge is 0.134 e. The molecule has 2 aromatic rings. The SMILES string of the molecule is CCCCCC1CCC(CCC2CCC(c3ccc4cc(OC)ccc4c3F)CC2)CC1. The molecule has 0 aliphatic heterocycles. The van der Waals surface area contributed by atoms with E-state index in [1.54, 1.807) is 7.11 Å². The predicted molar refractivity (Wildman–Crippen MR) is 134 cm³/mol. The van der Waals surface area contributed by atoms with Crippen LogP contribution < -0.4 is 4.74 Å². The minimum Gasteiger partial charge on any atom is -0.497 e. The maximum Gasteiger partial charge on any atom is 0.134 e. The van der Waals surface area contributed by atoms with Crippen LogP contribution in [0.3, 0.4) is 0 Å². The van der Waals surface area contributed by atoms with Crippen LogP contribution in [-0.2, 0) is 0 Å². The summed E-state index contributed by atoms with van der Waals surface area (Å²) in [6.07, 6.45) is 19.3. The van der Waals surface area contributed by atoms with E-state index in [1.165, 1.54) is 77.0 Å². The van der Waals surface area contributed by atoms with Crippen molar-refractivity contribution in [3.8, 4) is 5.75 Å². The first-order valence-corrected chi connectivity index (χ1v) is 13.4. The quantitative estimate of drug-likeness (QED) is 0.354. The molecule has 32 heavy (non-hydrogen) atoms. The summed E-state index contributed by atoms with van der Waals surface area (Å²) in [4.78, 5) is 0. The average Bonchev–Trinajstić information content (AvgIpc) is 2.84. The summed E-state index contributed by atoms with van der Waals surface area (Å²) < 4.78 is 20.6. The van der Waals surface area contributed by atoms with Gasteiger partial charge in [-0.3, -0.25) is 0 Å². The average molecular weight is 439 g/mol. The van der Waals surface area contributed by atoms with E-state index in [2.05, 4.69) is 13.0 Å². The molecule has 0 bridgehead atoms. The lowest BCUT2D eigenvalue weighted by Crippen LogP contribution is -2.18. The van der Waals surface area contributed by atoms with E-state index in [1.807, 2.05) is 24.3 Å². The molecule has 1 nitrogen and oxygen atoms in total. The zero-order chi connectivity index (χ0) is 22.3. The Kier molecular flexibility index (Phi) is 8.49. The minimum absolute atomic E-state index is 0.00991. The van der Waals surface area contributed by atoms with E-state index >= 15 is 4.39 Å². The number of benzene rings is 2. The molecule has 2 fully saturated rings. The molecule has 0 aromatic heterocycles. The summed E-state index contributed by atoms with van der Waals surface area (Å²) in [5.41, 5.74) is 0.933. The molecule has 2 heteroatoms. The van der Waals surface area contributed by atoms with Crippen LogP contribution in [0.1, 0.15) is 108 Å². The van der Waals surface area contributed by atoms with Gasteiger partial charge in [0.2, 0.25) is 0 Å². The molecule has 0 heterocycles. The monoisotopic (exact) mass is 438 g/mol. The molecule has 2 aliphatic rings. The minimum atomic E-state index is -0.00991. The predicted octanol–water partition coefficient (Wildman–Crippen LogP) is 9.43. The second-order valence-electron chi connectivity index (χ2n) is 10.7. The van der Waals surface area contributed by atoms with Crippen molar-refractivity contribution in [3.63, 3.8) is 0 Å². The van der Waals surface area contributed by atoms with Crippen molar-refractivity contribution >= 4 is 10.8 Å². The van der Waals surface area contributed by atoms with Gasteiger partial charge in [0.15, 0.2) is 0 Å². The number of halogens is 1. The Morgan fingerprint density at radius 2 is 1.41 bits per heavy atom. The number of methoxy groups -OCH3 is 1. The van der Waals surface area contributed by atoms with Crippen LogP contribution in [0.2, 0.25) is 0 Å². The van der Waals surface area contributed by atoms with Gasteiger partial charge in [0.1, 0.15) is 11.6 Å². The van der Waals surface area contributed by atoms with Crippen molar-refractivity contribution in [2.45, 2.75) is 103 Å². The molecule has 0 atom stereocenters. The normalized spacial score (nSPS) is 26.3. The summed E-state index contributed by atoms with van der Waals surface area (Å²) in [5, 5.41) is 1.66. The fraction of sp³-hybridized carbons (Fsp3) is 0.667. The molecule has 0 spiro atoms. The number of fused-ring (bicyclic) bond motifs is 1. The van der Waals surface area contributed by atoms with Crippen LogP contribution in [0.15, 0.2) is 30.3 Å². The number of rotatable bonds is 9. The molecule has 2 aromatic carbocycles. The topological polar surface area (TPSA) is 9.23 Å². The van der Waals surface area contributed by atoms with Gasteiger partial charge in [0.05, 0.1) is 7.11 Å². The lowest BCUT2D eigenvalue weighted by Gasteiger charge is -2.32. The van der Waals surface area contributed by atoms with Gasteiger partial charge >= 0.3 is 0 Å². The van der Waals surface area contributed by atoms with Crippen molar-refractivity contribution in [3.05, 3.63) is 41.7 Å². The Bertz CT molecular complexity index is 843. The molecule has 2 aliphatic carbocycles. The third-order valence-corrected chi connectivity index (χ3v) is 8.64. The van der Waals surface area contributed by atoms with Crippen molar-refractivity contribution in [2.24, 2.45) is 17.8 Å². The van der Waals surface area contributed by atoms with Crippen molar-refractivity contribution in [2.75, 3.05) is 7.11 Å². The molecule has 0 saturated heterocycles. The first kappa shape index (κ1) is 23.6. The molecule has 2 saturated carbocycles. The van der Waals surface area contributed by atoms with Gasteiger partial charge < -0.3 is 4.74 Å². The molecular formula is C30H43FO. The van der Waals surface area contributed by atoms with Gasteiger partial charge in [0.25, 0.3) is 0 Å². The Hall–Kier alpha value is -1.57. The molecule has 0 unspecified atom stereocenters. The highest BCUT2D eigenvalue weighted by molar-refractivity contribution is 5.85. The summed E-state index contributed by atoms with van der Waals surface area (Å²) >= 11 is 0. The van der Waals surface area contributed by atoms with Crippen LogP contribution in [-0.4, -0.2) is 7.11 Å². The standard InChI is InChI=1S/C30H43FO/c1-3-4-5-6-22-7-9-23(10-8-22)11-12-24-13-15-25(16-14-24)28-19-17-26-21-27(32-2)18-20-29(26)30(28)31/h17-25H,3-16H2,1-2H3. The van der Waals surface area contributed by atoms with E-state index in [9.17, 15) is 0 Å². The lowest BCUT2D eigenvalue weighted by atomic mass is 9.73. The van der Waals surface area contributed by atoms with Gasteiger partial charge in [-0.2, -0.15) is 0 Å². The summed E-state index contributed by atoms with van der Waals surface area (Å²) in [7, 11) is 1.66. The highest BCUT2D eigenvalue weighted by Gasteiger charge is 2.27. The molecular weight excluding hydrogens is 395 g/mol. The fourth-order valence-corrected chi connectivity index (χ4v) is 6.45. The van der Waals surface area contributed by atoms with Gasteiger partial charge in [0, 0.05) is 5.39 Å². The Balaban J connectivity index is 1.22. The van der Waals surface area contributed by atoms with Gasteiger partial charge in [-0.1, -0.05) is 83.3 Å². The maximum absolute atomic E-state index is 15.3. The third-order valence-electron chi connectivity index (χ3n) is 8.64. The van der Waals surface area contributed by atoms with Crippen LogP contribution in [0.25, 0.3) is 10.8 Å². The highest BCUT2D eigenvalue weighted by atomic mass is 19.1. The number of hydrogen-bond acceptors (Lipinski definition) is 1. The zero-order valence-electron chi connectivity index (χ0n) is 20.4. The maximum atomic E-state index is 15.3. The summed E-state index contributed by atoms with van der Waals surface area (Å²) in [6.45, 7) is 2.31. The van der Waals surface area contributed by atoms with E-state index in [4.69, 9.17) is 4.74 Å². The van der Waals surface area contributed by atoms with E-state index < -0.39 is 0 Å². The van der Waals surface area contributed by atoms with Crippen molar-refractivity contribution in [1.29, 1.82) is 0 Å². The lowest BCUT2D eigenvalue weighted by molar-refractivity contribution is 0.222. The Labute approximate surface area is 195 Å². The van der Waals surface area contributed by atoms with Crippen molar-refractivity contribution in [1.82, 2.24) is 0 Å². The Morgan fingerprint density at radius 1 is 0.781 bits per heavy atom. The second kappa shape index (κ2) is 11.5. The summed E-state index contributed by atoms with van der Waals surface area (Å²) in [5.74, 6) is 4.02. The first-order chi connectivity index (χ1) is 15.7. The van der Waals surface area contributed by atoms with Gasteiger partial charge in [-0.05, 0) is 78.5 Å². The third kappa shape index (κ3) is 5.86. The summed E-state index contributed by atoms with van der Waals surface area (Å²) in [6, 6.07) is 9.77. The molecule has 0 amide bonds. The molecule has 176 valence electrons.